The Morgan fingerprint density at radius 3 is 3.09 bits per heavy atom. The van der Waals surface area contributed by atoms with Gasteiger partial charge >= 0.3 is 0 Å². The van der Waals surface area contributed by atoms with Gasteiger partial charge in [0.25, 0.3) is 0 Å². The van der Waals surface area contributed by atoms with Crippen LogP contribution in [0.4, 0.5) is 0 Å². The van der Waals surface area contributed by atoms with Gasteiger partial charge in [-0.1, -0.05) is 13.0 Å². The van der Waals surface area contributed by atoms with E-state index in [4.69, 9.17) is 0 Å². The van der Waals surface area contributed by atoms with E-state index in [1.807, 2.05) is 6.08 Å². The monoisotopic (exact) mass is 171 g/mol. The van der Waals surface area contributed by atoms with Gasteiger partial charge < -0.3 is 5.32 Å². The zero-order valence-electron chi connectivity index (χ0n) is 7.18. The van der Waals surface area contributed by atoms with Crippen LogP contribution >= 0.6 is 11.8 Å². The molecule has 2 heteroatoms. The maximum absolute atomic E-state index is 3.69. The maximum Gasteiger partial charge on any atom is 0.0168 e. The SMILES string of the molecule is C=CCCNC1CSC(C)C1. The van der Waals surface area contributed by atoms with E-state index in [0.717, 1.165) is 24.3 Å². The van der Waals surface area contributed by atoms with Gasteiger partial charge in [-0.05, 0) is 19.4 Å². The molecule has 1 aliphatic rings. The molecular formula is C9H17NS. The lowest BCUT2D eigenvalue weighted by atomic mass is 10.2. The van der Waals surface area contributed by atoms with E-state index in [1.165, 1.54) is 12.2 Å². The highest BCUT2D eigenvalue weighted by Crippen LogP contribution is 2.25. The lowest BCUT2D eigenvalue weighted by Crippen LogP contribution is -2.29. The topological polar surface area (TPSA) is 12.0 Å². The fourth-order valence-corrected chi connectivity index (χ4v) is 2.53. The molecule has 0 bridgehead atoms. The van der Waals surface area contributed by atoms with Crippen LogP contribution in [0.5, 0.6) is 0 Å². The van der Waals surface area contributed by atoms with Crippen molar-refractivity contribution in [2.24, 2.45) is 0 Å². The first-order valence-electron chi connectivity index (χ1n) is 4.29. The number of thioether (sulfide) groups is 1. The van der Waals surface area contributed by atoms with E-state index in [1.54, 1.807) is 0 Å². The second-order valence-electron chi connectivity index (χ2n) is 3.11. The van der Waals surface area contributed by atoms with Crippen LogP contribution in [-0.2, 0) is 0 Å². The molecular weight excluding hydrogens is 154 g/mol. The van der Waals surface area contributed by atoms with E-state index in [2.05, 4.69) is 30.6 Å². The van der Waals surface area contributed by atoms with Gasteiger partial charge in [-0.25, -0.2) is 0 Å². The van der Waals surface area contributed by atoms with Crippen molar-refractivity contribution in [1.82, 2.24) is 5.32 Å². The molecule has 1 N–H and O–H groups in total. The van der Waals surface area contributed by atoms with Crippen LogP contribution in [0.15, 0.2) is 12.7 Å². The highest BCUT2D eigenvalue weighted by Gasteiger charge is 2.20. The lowest BCUT2D eigenvalue weighted by molar-refractivity contribution is 0.545. The number of hydrogen-bond acceptors (Lipinski definition) is 2. The predicted octanol–water partition coefficient (Wildman–Crippen LogP) is 2.05. The minimum absolute atomic E-state index is 0.759. The zero-order valence-corrected chi connectivity index (χ0v) is 7.99. The first-order valence-corrected chi connectivity index (χ1v) is 5.33. The number of rotatable bonds is 4. The van der Waals surface area contributed by atoms with Crippen LogP contribution in [-0.4, -0.2) is 23.6 Å². The Morgan fingerprint density at radius 1 is 1.73 bits per heavy atom. The minimum atomic E-state index is 0.759. The van der Waals surface area contributed by atoms with Gasteiger partial charge in [0.2, 0.25) is 0 Å². The van der Waals surface area contributed by atoms with E-state index >= 15 is 0 Å². The highest BCUT2D eigenvalue weighted by molar-refractivity contribution is 8.00. The zero-order chi connectivity index (χ0) is 8.10. The van der Waals surface area contributed by atoms with Gasteiger partial charge in [-0.2, -0.15) is 11.8 Å². The summed E-state index contributed by atoms with van der Waals surface area (Å²) >= 11 is 2.08. The first-order chi connectivity index (χ1) is 5.33. The van der Waals surface area contributed by atoms with Crippen LogP contribution in [0.25, 0.3) is 0 Å². The molecule has 1 saturated heterocycles. The molecule has 0 spiro atoms. The third-order valence-electron chi connectivity index (χ3n) is 1.98. The smallest absolute Gasteiger partial charge is 0.0168 e. The first kappa shape index (κ1) is 9.14. The van der Waals surface area contributed by atoms with Crippen molar-refractivity contribution in [3.63, 3.8) is 0 Å². The van der Waals surface area contributed by atoms with Gasteiger partial charge in [0.05, 0.1) is 0 Å². The summed E-state index contributed by atoms with van der Waals surface area (Å²) in [7, 11) is 0. The van der Waals surface area contributed by atoms with Crippen LogP contribution in [0.3, 0.4) is 0 Å². The van der Waals surface area contributed by atoms with Crippen molar-refractivity contribution in [2.45, 2.75) is 31.1 Å². The summed E-state index contributed by atoms with van der Waals surface area (Å²) in [4.78, 5) is 0. The summed E-state index contributed by atoms with van der Waals surface area (Å²) in [6, 6.07) is 0.759. The average molecular weight is 171 g/mol. The third kappa shape index (κ3) is 3.30. The van der Waals surface area contributed by atoms with Gasteiger partial charge in [-0.15, -0.1) is 6.58 Å². The average Bonchev–Trinajstić information content (AvgIpc) is 2.37. The van der Waals surface area contributed by atoms with Crippen LogP contribution in [0.1, 0.15) is 19.8 Å². The van der Waals surface area contributed by atoms with Crippen molar-refractivity contribution in [1.29, 1.82) is 0 Å². The molecule has 0 aromatic rings. The summed E-state index contributed by atoms with van der Waals surface area (Å²) in [5.41, 5.74) is 0. The fourth-order valence-electron chi connectivity index (χ4n) is 1.35. The minimum Gasteiger partial charge on any atom is -0.313 e. The molecule has 1 fully saturated rings. The molecule has 1 heterocycles. The molecule has 11 heavy (non-hydrogen) atoms. The summed E-state index contributed by atoms with van der Waals surface area (Å²) in [5.74, 6) is 1.29. The molecule has 1 aliphatic heterocycles. The molecule has 0 saturated carbocycles. The summed E-state index contributed by atoms with van der Waals surface area (Å²) < 4.78 is 0. The van der Waals surface area contributed by atoms with Gasteiger partial charge in [-0.3, -0.25) is 0 Å². The Bertz CT molecular complexity index is 125. The van der Waals surface area contributed by atoms with Crippen LogP contribution in [0.2, 0.25) is 0 Å². The molecule has 64 valence electrons. The summed E-state index contributed by atoms with van der Waals surface area (Å²) in [5, 5.41) is 4.38. The molecule has 0 aromatic heterocycles. The van der Waals surface area contributed by atoms with E-state index in [9.17, 15) is 0 Å². The van der Waals surface area contributed by atoms with E-state index < -0.39 is 0 Å². The Labute approximate surface area is 73.6 Å². The quantitative estimate of drug-likeness (QED) is 0.513. The molecule has 0 aliphatic carbocycles. The van der Waals surface area contributed by atoms with Crippen molar-refractivity contribution in [3.8, 4) is 0 Å². The van der Waals surface area contributed by atoms with Gasteiger partial charge in [0.15, 0.2) is 0 Å². The Morgan fingerprint density at radius 2 is 2.55 bits per heavy atom. The van der Waals surface area contributed by atoms with Crippen LogP contribution < -0.4 is 5.32 Å². The van der Waals surface area contributed by atoms with Crippen molar-refractivity contribution >= 4 is 11.8 Å². The molecule has 1 nitrogen and oxygen atoms in total. The molecule has 2 atom stereocenters. The van der Waals surface area contributed by atoms with Crippen molar-refractivity contribution in [3.05, 3.63) is 12.7 Å². The molecule has 2 unspecified atom stereocenters. The Balaban J connectivity index is 2.03. The predicted molar refractivity (Wildman–Crippen MR) is 53.1 cm³/mol. The van der Waals surface area contributed by atoms with E-state index in [-0.39, 0.29) is 0 Å². The largest absolute Gasteiger partial charge is 0.313 e. The summed E-state index contributed by atoms with van der Waals surface area (Å²) in [6.07, 6.45) is 4.40. The molecule has 1 rings (SSSR count). The normalized spacial score (nSPS) is 30.6. The summed E-state index contributed by atoms with van der Waals surface area (Å²) in [6.45, 7) is 7.10. The maximum atomic E-state index is 3.69. The van der Waals surface area contributed by atoms with E-state index in [0.29, 0.717) is 0 Å². The van der Waals surface area contributed by atoms with Gasteiger partial charge in [0, 0.05) is 17.0 Å². The second-order valence-corrected chi connectivity index (χ2v) is 4.58. The number of hydrogen-bond donors (Lipinski definition) is 1. The molecule has 0 radical (unpaired) electrons. The number of nitrogens with one attached hydrogen (secondary N) is 1. The third-order valence-corrected chi connectivity index (χ3v) is 3.34. The highest BCUT2D eigenvalue weighted by atomic mass is 32.2. The second kappa shape index (κ2) is 4.83. The standard InChI is InChI=1S/C9H17NS/c1-3-4-5-10-9-6-8(2)11-7-9/h3,8-10H,1,4-7H2,2H3. The molecule has 0 aromatic carbocycles. The van der Waals surface area contributed by atoms with Crippen LogP contribution in [0, 0.1) is 0 Å². The Hall–Kier alpha value is 0.0500. The van der Waals surface area contributed by atoms with Gasteiger partial charge in [0.1, 0.15) is 0 Å². The van der Waals surface area contributed by atoms with Crippen molar-refractivity contribution in [2.75, 3.05) is 12.3 Å². The van der Waals surface area contributed by atoms with Crippen molar-refractivity contribution < 1.29 is 0 Å². The lowest BCUT2D eigenvalue weighted by Gasteiger charge is -2.09. The molecule has 0 amide bonds. The fraction of sp³-hybridized carbons (Fsp3) is 0.778. The Kier molecular flexibility index (Phi) is 4.02.